The van der Waals surface area contributed by atoms with Crippen LogP contribution in [0.4, 0.5) is 5.69 Å². The first-order chi connectivity index (χ1) is 10.3. The number of nitrogens with zero attached hydrogens (tertiary/aromatic N) is 1. The van der Waals surface area contributed by atoms with Crippen molar-refractivity contribution >= 4 is 22.5 Å². The van der Waals surface area contributed by atoms with Crippen LogP contribution < -0.4 is 5.32 Å². The predicted octanol–water partition coefficient (Wildman–Crippen LogP) is 3.30. The van der Waals surface area contributed by atoms with E-state index in [1.807, 2.05) is 30.3 Å². The van der Waals surface area contributed by atoms with Gasteiger partial charge in [-0.25, -0.2) is 0 Å². The van der Waals surface area contributed by atoms with Crippen LogP contribution in [0.5, 0.6) is 0 Å². The molecular weight excluding hydrogens is 262 g/mol. The molecule has 0 fully saturated rings. The topological polar surface area (TPSA) is 57.8 Å². The largest absolute Gasteiger partial charge is 0.321 e. The van der Waals surface area contributed by atoms with E-state index in [2.05, 4.69) is 27.6 Å². The Hall–Kier alpha value is -2.62. The fraction of sp³-hybridized carbons (Fsp3) is 0.176. The lowest BCUT2D eigenvalue weighted by Gasteiger charge is -2.06. The average molecular weight is 277 g/mol. The lowest BCUT2D eigenvalue weighted by atomic mass is 10.1. The van der Waals surface area contributed by atoms with Crippen LogP contribution in [0.1, 0.15) is 28.0 Å². The Bertz CT molecular complexity index is 835. The molecule has 1 aliphatic rings. The first-order valence-corrected chi connectivity index (χ1v) is 7.17. The number of aromatic nitrogens is 2. The number of anilines is 1. The summed E-state index contributed by atoms with van der Waals surface area (Å²) in [6.45, 7) is 0. The second-order valence-electron chi connectivity index (χ2n) is 5.41. The van der Waals surface area contributed by atoms with E-state index in [9.17, 15) is 4.79 Å². The summed E-state index contributed by atoms with van der Waals surface area (Å²) in [5.74, 6) is -0.176. The van der Waals surface area contributed by atoms with Crippen molar-refractivity contribution in [2.24, 2.45) is 0 Å². The molecule has 1 aromatic heterocycles. The number of hydrogen-bond acceptors (Lipinski definition) is 2. The minimum Gasteiger partial charge on any atom is -0.321 e. The Balaban J connectivity index is 1.63. The van der Waals surface area contributed by atoms with Gasteiger partial charge in [0.25, 0.3) is 5.91 Å². The van der Waals surface area contributed by atoms with E-state index in [1.165, 1.54) is 17.5 Å². The summed E-state index contributed by atoms with van der Waals surface area (Å²) in [6.07, 6.45) is 3.45. The number of fused-ring (bicyclic) bond motifs is 2. The van der Waals surface area contributed by atoms with Gasteiger partial charge in [-0.15, -0.1) is 0 Å². The zero-order chi connectivity index (χ0) is 14.2. The van der Waals surface area contributed by atoms with Gasteiger partial charge in [-0.3, -0.25) is 9.89 Å². The highest BCUT2D eigenvalue weighted by molar-refractivity contribution is 6.11. The van der Waals surface area contributed by atoms with E-state index in [4.69, 9.17) is 0 Å². The van der Waals surface area contributed by atoms with Crippen LogP contribution in [0.25, 0.3) is 10.9 Å². The van der Waals surface area contributed by atoms with Crippen molar-refractivity contribution in [3.63, 3.8) is 0 Å². The molecule has 0 saturated heterocycles. The zero-order valence-electron chi connectivity index (χ0n) is 11.5. The smallest absolute Gasteiger partial charge is 0.276 e. The van der Waals surface area contributed by atoms with Crippen LogP contribution in [-0.4, -0.2) is 16.1 Å². The summed E-state index contributed by atoms with van der Waals surface area (Å²) in [5, 5.41) is 10.8. The third-order valence-corrected chi connectivity index (χ3v) is 4.04. The van der Waals surface area contributed by atoms with Crippen LogP contribution >= 0.6 is 0 Å². The predicted molar refractivity (Wildman–Crippen MR) is 82.5 cm³/mol. The van der Waals surface area contributed by atoms with Crippen molar-refractivity contribution in [3.05, 3.63) is 59.3 Å². The van der Waals surface area contributed by atoms with Gasteiger partial charge in [-0.2, -0.15) is 5.10 Å². The second-order valence-corrected chi connectivity index (χ2v) is 5.41. The van der Waals surface area contributed by atoms with E-state index in [1.54, 1.807) is 0 Å². The summed E-state index contributed by atoms with van der Waals surface area (Å²) in [4.78, 5) is 12.4. The normalized spacial score (nSPS) is 13.3. The standard InChI is InChI=1S/C17H15N3O/c21-17(16-14-6-1-2-7-15(14)19-20-16)18-13-9-8-11-4-3-5-12(11)10-13/h1-2,6-10H,3-5H2,(H,18,21)(H,19,20). The van der Waals surface area contributed by atoms with Crippen LogP contribution in [-0.2, 0) is 12.8 Å². The van der Waals surface area contributed by atoms with Crippen molar-refractivity contribution in [1.82, 2.24) is 10.2 Å². The molecule has 2 N–H and O–H groups in total. The van der Waals surface area contributed by atoms with Gasteiger partial charge in [0, 0.05) is 11.1 Å². The second kappa shape index (κ2) is 4.74. The lowest BCUT2D eigenvalue weighted by molar-refractivity contribution is 0.102. The quantitative estimate of drug-likeness (QED) is 0.755. The van der Waals surface area contributed by atoms with Gasteiger partial charge in [-0.1, -0.05) is 24.3 Å². The number of carbonyl (C=O) groups is 1. The first-order valence-electron chi connectivity index (χ1n) is 7.17. The Kier molecular flexibility index (Phi) is 2.74. The number of para-hydroxylation sites is 1. The summed E-state index contributed by atoms with van der Waals surface area (Å²) in [5.41, 5.74) is 4.90. The molecule has 3 aromatic rings. The van der Waals surface area contributed by atoms with Crippen molar-refractivity contribution in [3.8, 4) is 0 Å². The molecule has 2 aromatic carbocycles. The Morgan fingerprint density at radius 2 is 1.95 bits per heavy atom. The molecule has 1 amide bonds. The van der Waals surface area contributed by atoms with Gasteiger partial charge in [-0.05, 0) is 48.6 Å². The fourth-order valence-corrected chi connectivity index (χ4v) is 2.98. The van der Waals surface area contributed by atoms with Crippen LogP contribution in [0.2, 0.25) is 0 Å². The molecule has 0 atom stereocenters. The van der Waals surface area contributed by atoms with E-state index < -0.39 is 0 Å². The highest BCUT2D eigenvalue weighted by atomic mass is 16.1. The number of amides is 1. The molecule has 4 nitrogen and oxygen atoms in total. The number of H-pyrrole nitrogens is 1. The number of aryl methyl sites for hydroxylation is 2. The van der Waals surface area contributed by atoms with Crippen molar-refractivity contribution in [2.75, 3.05) is 5.32 Å². The van der Waals surface area contributed by atoms with E-state index in [-0.39, 0.29) is 5.91 Å². The molecule has 1 aliphatic carbocycles. The molecule has 0 bridgehead atoms. The summed E-state index contributed by atoms with van der Waals surface area (Å²) in [7, 11) is 0. The number of rotatable bonds is 2. The van der Waals surface area contributed by atoms with Crippen LogP contribution in [0.3, 0.4) is 0 Å². The maximum atomic E-state index is 12.4. The number of nitrogens with one attached hydrogen (secondary N) is 2. The third kappa shape index (κ3) is 2.09. The summed E-state index contributed by atoms with van der Waals surface area (Å²) < 4.78 is 0. The molecule has 0 radical (unpaired) electrons. The Morgan fingerprint density at radius 1 is 1.10 bits per heavy atom. The summed E-state index contributed by atoms with van der Waals surface area (Å²) in [6, 6.07) is 13.8. The molecule has 4 heteroatoms. The van der Waals surface area contributed by atoms with Gasteiger partial charge in [0.05, 0.1) is 5.52 Å². The first kappa shape index (κ1) is 12.1. The maximum absolute atomic E-state index is 12.4. The average Bonchev–Trinajstić information content (AvgIpc) is 3.13. The molecule has 0 saturated carbocycles. The molecule has 104 valence electrons. The van der Waals surface area contributed by atoms with Gasteiger partial charge in [0.1, 0.15) is 0 Å². The fourth-order valence-electron chi connectivity index (χ4n) is 2.98. The van der Waals surface area contributed by atoms with E-state index >= 15 is 0 Å². The van der Waals surface area contributed by atoms with Gasteiger partial charge in [0.15, 0.2) is 5.69 Å². The minimum atomic E-state index is -0.176. The van der Waals surface area contributed by atoms with Crippen molar-refractivity contribution in [1.29, 1.82) is 0 Å². The molecule has 0 unspecified atom stereocenters. The van der Waals surface area contributed by atoms with Crippen molar-refractivity contribution in [2.45, 2.75) is 19.3 Å². The van der Waals surface area contributed by atoms with Gasteiger partial charge >= 0.3 is 0 Å². The van der Waals surface area contributed by atoms with Crippen LogP contribution in [0, 0.1) is 0 Å². The Labute approximate surface area is 122 Å². The van der Waals surface area contributed by atoms with Crippen molar-refractivity contribution < 1.29 is 4.79 Å². The molecule has 4 rings (SSSR count). The number of benzene rings is 2. The van der Waals surface area contributed by atoms with Gasteiger partial charge < -0.3 is 5.32 Å². The monoisotopic (exact) mass is 277 g/mol. The summed E-state index contributed by atoms with van der Waals surface area (Å²) >= 11 is 0. The highest BCUT2D eigenvalue weighted by Gasteiger charge is 2.15. The molecule has 21 heavy (non-hydrogen) atoms. The Morgan fingerprint density at radius 3 is 2.90 bits per heavy atom. The van der Waals surface area contributed by atoms with E-state index in [0.29, 0.717) is 5.69 Å². The lowest BCUT2D eigenvalue weighted by Crippen LogP contribution is -2.13. The zero-order valence-corrected chi connectivity index (χ0v) is 11.5. The minimum absolute atomic E-state index is 0.176. The maximum Gasteiger partial charge on any atom is 0.276 e. The highest BCUT2D eigenvalue weighted by Crippen LogP contribution is 2.25. The molecule has 0 spiro atoms. The number of carbonyl (C=O) groups excluding carboxylic acids is 1. The number of aromatic amines is 1. The van der Waals surface area contributed by atoms with Gasteiger partial charge in [0.2, 0.25) is 0 Å². The molecular formula is C17H15N3O. The third-order valence-electron chi connectivity index (χ3n) is 4.04. The molecule has 1 heterocycles. The van der Waals surface area contributed by atoms with Crippen LogP contribution in [0.15, 0.2) is 42.5 Å². The number of hydrogen-bond donors (Lipinski definition) is 2. The van der Waals surface area contributed by atoms with E-state index in [0.717, 1.165) is 29.4 Å². The molecule has 0 aliphatic heterocycles. The SMILES string of the molecule is O=C(Nc1ccc2c(c1)CCC2)c1n[nH]c2ccccc12.